The van der Waals surface area contributed by atoms with Crippen molar-refractivity contribution in [2.75, 3.05) is 7.11 Å². The molecule has 27 heavy (non-hydrogen) atoms. The van der Waals surface area contributed by atoms with Gasteiger partial charge in [0.1, 0.15) is 0 Å². The molecule has 0 N–H and O–H groups in total. The number of aromatic nitrogens is 2. The van der Waals surface area contributed by atoms with Gasteiger partial charge in [-0.15, -0.1) is 0 Å². The number of hydrogen-bond donors (Lipinski definition) is 0. The Kier molecular flexibility index (Phi) is 4.71. The average Bonchev–Trinajstić information content (AvgIpc) is 2.64. The Morgan fingerprint density at radius 1 is 1.00 bits per heavy atom. The fourth-order valence-electron chi connectivity index (χ4n) is 3.88. The monoisotopic (exact) mass is 364 g/mol. The van der Waals surface area contributed by atoms with Crippen LogP contribution in [0.25, 0.3) is 5.57 Å². The maximum Gasteiger partial charge on any atom is 0.358 e. The molecule has 0 amide bonds. The van der Waals surface area contributed by atoms with Gasteiger partial charge in [0.15, 0.2) is 5.69 Å². The minimum absolute atomic E-state index is 0.133. The van der Waals surface area contributed by atoms with Gasteiger partial charge in [0.2, 0.25) is 0 Å². The number of rotatable bonds is 3. The third-order valence-electron chi connectivity index (χ3n) is 5.88. The SMILES string of the molecule is C=C(c1cnc(C(=O)OC)cn1)c1cc2c(cc1C)C(C)(C)CCC2(C)C. The highest BCUT2D eigenvalue weighted by molar-refractivity contribution is 5.87. The summed E-state index contributed by atoms with van der Waals surface area (Å²) in [6, 6.07) is 4.59. The third kappa shape index (κ3) is 3.41. The van der Waals surface area contributed by atoms with Crippen LogP contribution in [0.2, 0.25) is 0 Å². The van der Waals surface area contributed by atoms with Crippen molar-refractivity contribution in [1.82, 2.24) is 9.97 Å². The molecule has 1 aromatic heterocycles. The molecule has 0 spiro atoms. The number of fused-ring (bicyclic) bond motifs is 1. The quantitative estimate of drug-likeness (QED) is 0.721. The van der Waals surface area contributed by atoms with Crippen LogP contribution >= 0.6 is 0 Å². The molecule has 3 rings (SSSR count). The molecule has 0 saturated heterocycles. The minimum Gasteiger partial charge on any atom is -0.464 e. The maximum absolute atomic E-state index is 11.6. The summed E-state index contributed by atoms with van der Waals surface area (Å²) in [7, 11) is 1.33. The van der Waals surface area contributed by atoms with Gasteiger partial charge in [-0.3, -0.25) is 4.98 Å². The van der Waals surface area contributed by atoms with E-state index in [9.17, 15) is 4.79 Å². The number of carbonyl (C=O) groups excluding carboxylic acids is 1. The Morgan fingerprint density at radius 3 is 2.04 bits per heavy atom. The Bertz CT molecular complexity index is 909. The number of hydrogen-bond acceptors (Lipinski definition) is 4. The minimum atomic E-state index is -0.492. The Morgan fingerprint density at radius 2 is 1.52 bits per heavy atom. The van der Waals surface area contributed by atoms with Gasteiger partial charge in [-0.2, -0.15) is 0 Å². The van der Waals surface area contributed by atoms with Crippen LogP contribution in [0.3, 0.4) is 0 Å². The second-order valence-corrected chi connectivity index (χ2v) is 8.74. The van der Waals surface area contributed by atoms with Crippen LogP contribution in [-0.2, 0) is 15.6 Å². The Hall–Kier alpha value is -2.49. The number of carbonyl (C=O) groups is 1. The van der Waals surface area contributed by atoms with Crippen molar-refractivity contribution in [3.05, 3.63) is 64.7 Å². The predicted octanol–water partition coefficient (Wildman–Crippen LogP) is 4.98. The smallest absolute Gasteiger partial charge is 0.358 e. The lowest BCUT2D eigenvalue weighted by atomic mass is 9.62. The predicted molar refractivity (Wildman–Crippen MR) is 108 cm³/mol. The molecule has 0 saturated carbocycles. The number of ether oxygens (including phenoxy) is 1. The van der Waals surface area contributed by atoms with E-state index >= 15 is 0 Å². The third-order valence-corrected chi connectivity index (χ3v) is 5.88. The largest absolute Gasteiger partial charge is 0.464 e. The van der Waals surface area contributed by atoms with E-state index in [-0.39, 0.29) is 16.5 Å². The van der Waals surface area contributed by atoms with Crippen molar-refractivity contribution in [2.24, 2.45) is 0 Å². The molecule has 1 aliphatic rings. The average molecular weight is 364 g/mol. The van der Waals surface area contributed by atoms with E-state index in [0.717, 1.165) is 17.6 Å². The van der Waals surface area contributed by atoms with E-state index in [0.29, 0.717) is 5.69 Å². The van der Waals surface area contributed by atoms with E-state index in [4.69, 9.17) is 0 Å². The zero-order valence-electron chi connectivity index (χ0n) is 17.1. The summed E-state index contributed by atoms with van der Waals surface area (Å²) in [5, 5.41) is 0. The van der Waals surface area contributed by atoms with Gasteiger partial charge in [-0.25, -0.2) is 9.78 Å². The van der Waals surface area contributed by atoms with Gasteiger partial charge in [0, 0.05) is 5.57 Å². The summed E-state index contributed by atoms with van der Waals surface area (Å²) in [5.41, 5.74) is 7.07. The van der Waals surface area contributed by atoms with Crippen molar-refractivity contribution in [2.45, 2.75) is 58.3 Å². The van der Waals surface area contributed by atoms with Crippen molar-refractivity contribution < 1.29 is 9.53 Å². The molecule has 1 aromatic carbocycles. The molecule has 0 atom stereocenters. The first-order chi connectivity index (χ1) is 12.6. The van der Waals surface area contributed by atoms with Crippen molar-refractivity contribution in [3.8, 4) is 0 Å². The van der Waals surface area contributed by atoms with Gasteiger partial charge < -0.3 is 4.74 Å². The lowest BCUT2D eigenvalue weighted by molar-refractivity contribution is 0.0593. The molecule has 2 aromatic rings. The summed E-state index contributed by atoms with van der Waals surface area (Å²) in [4.78, 5) is 20.1. The molecule has 142 valence electrons. The fraction of sp³-hybridized carbons (Fsp3) is 0.435. The fourth-order valence-corrected chi connectivity index (χ4v) is 3.88. The zero-order valence-corrected chi connectivity index (χ0v) is 17.1. The first-order valence-corrected chi connectivity index (χ1v) is 9.32. The highest BCUT2D eigenvalue weighted by atomic mass is 16.5. The first-order valence-electron chi connectivity index (χ1n) is 9.32. The second kappa shape index (κ2) is 6.59. The molecule has 4 heteroatoms. The number of aryl methyl sites for hydroxylation is 1. The summed E-state index contributed by atoms with van der Waals surface area (Å²) < 4.78 is 4.68. The molecule has 1 heterocycles. The van der Waals surface area contributed by atoms with Crippen LogP contribution in [0.4, 0.5) is 0 Å². The van der Waals surface area contributed by atoms with Crippen molar-refractivity contribution in [3.63, 3.8) is 0 Å². The Balaban J connectivity index is 2.05. The number of nitrogens with zero attached hydrogens (tertiary/aromatic N) is 2. The molecule has 0 aliphatic heterocycles. The lowest BCUT2D eigenvalue weighted by Gasteiger charge is -2.42. The van der Waals surface area contributed by atoms with Gasteiger partial charge >= 0.3 is 5.97 Å². The second-order valence-electron chi connectivity index (χ2n) is 8.74. The molecule has 0 fully saturated rings. The van der Waals surface area contributed by atoms with Crippen molar-refractivity contribution >= 4 is 11.5 Å². The van der Waals surface area contributed by atoms with Crippen molar-refractivity contribution in [1.29, 1.82) is 0 Å². The van der Waals surface area contributed by atoms with E-state index in [1.165, 1.54) is 36.4 Å². The van der Waals surface area contributed by atoms with Crippen LogP contribution in [0, 0.1) is 6.92 Å². The summed E-state index contributed by atoms with van der Waals surface area (Å²) in [6.07, 6.45) is 5.37. The van der Waals surface area contributed by atoms with Crippen LogP contribution in [-0.4, -0.2) is 23.0 Å². The topological polar surface area (TPSA) is 52.1 Å². The van der Waals surface area contributed by atoms with Gasteiger partial charge in [-0.1, -0.05) is 40.3 Å². The van der Waals surface area contributed by atoms with E-state index < -0.39 is 5.97 Å². The number of benzene rings is 1. The Labute approximate surface area is 161 Å². The molecular formula is C23H28N2O2. The molecular weight excluding hydrogens is 336 g/mol. The van der Waals surface area contributed by atoms with Crippen LogP contribution in [0.15, 0.2) is 31.1 Å². The molecule has 0 unspecified atom stereocenters. The van der Waals surface area contributed by atoms with E-state index in [1.807, 2.05) is 0 Å². The number of esters is 1. The molecule has 4 nitrogen and oxygen atoms in total. The zero-order chi connectivity index (χ0) is 20.0. The standard InChI is InChI=1S/C23H28N2O2/c1-14-10-17-18(23(5,6)9-8-22(17,3)4)11-16(14)15(2)19-12-25-20(13-24-19)21(26)27-7/h10-13H,2,8-9H2,1,3-7H3. The maximum atomic E-state index is 11.6. The van der Waals surface area contributed by atoms with Crippen LogP contribution in [0.1, 0.15) is 79.0 Å². The van der Waals surface area contributed by atoms with Gasteiger partial charge in [0.25, 0.3) is 0 Å². The van der Waals surface area contributed by atoms with E-state index in [1.54, 1.807) is 6.20 Å². The summed E-state index contributed by atoms with van der Waals surface area (Å²) >= 11 is 0. The van der Waals surface area contributed by atoms with Gasteiger partial charge in [-0.05, 0) is 58.9 Å². The first kappa shape index (κ1) is 19.3. The normalized spacial score (nSPS) is 17.1. The summed E-state index contributed by atoms with van der Waals surface area (Å²) in [6.45, 7) is 15.7. The molecule has 0 radical (unpaired) electrons. The number of methoxy groups -OCH3 is 1. The van der Waals surface area contributed by atoms with Crippen LogP contribution in [0.5, 0.6) is 0 Å². The molecule has 1 aliphatic carbocycles. The van der Waals surface area contributed by atoms with E-state index in [2.05, 4.69) is 68.0 Å². The summed E-state index contributed by atoms with van der Waals surface area (Å²) in [5.74, 6) is -0.492. The van der Waals surface area contributed by atoms with Gasteiger partial charge in [0.05, 0.1) is 25.2 Å². The highest BCUT2D eigenvalue weighted by Gasteiger charge is 2.37. The van der Waals surface area contributed by atoms with Crippen LogP contribution < -0.4 is 0 Å². The lowest BCUT2D eigenvalue weighted by Crippen LogP contribution is -2.34. The molecule has 0 bridgehead atoms. The highest BCUT2D eigenvalue weighted by Crippen LogP contribution is 2.47.